The van der Waals surface area contributed by atoms with Gasteiger partial charge in [0.15, 0.2) is 0 Å². The SMILES string of the molecule is O=C(O)CCC(O)CNCCN1CCOCC1. The first-order valence-corrected chi connectivity index (χ1v) is 6.09. The van der Waals surface area contributed by atoms with Crippen molar-refractivity contribution in [3.63, 3.8) is 0 Å². The third-order valence-corrected chi connectivity index (χ3v) is 2.78. The molecule has 1 atom stereocenters. The summed E-state index contributed by atoms with van der Waals surface area (Å²) >= 11 is 0. The van der Waals surface area contributed by atoms with Gasteiger partial charge in [-0.25, -0.2) is 0 Å². The fourth-order valence-electron chi connectivity index (χ4n) is 1.72. The average Bonchev–Trinajstić information content (AvgIpc) is 2.33. The Morgan fingerprint density at radius 1 is 1.41 bits per heavy atom. The summed E-state index contributed by atoms with van der Waals surface area (Å²) in [7, 11) is 0. The molecular formula is C11H22N2O4. The van der Waals surface area contributed by atoms with Gasteiger partial charge in [0.25, 0.3) is 0 Å². The standard InChI is InChI=1S/C11H22N2O4/c14-10(1-2-11(15)16)9-12-3-4-13-5-7-17-8-6-13/h10,12,14H,1-9H2,(H,15,16). The van der Waals surface area contributed by atoms with Crippen LogP contribution in [0.2, 0.25) is 0 Å². The minimum atomic E-state index is -0.864. The smallest absolute Gasteiger partial charge is 0.303 e. The second kappa shape index (κ2) is 8.41. The van der Waals surface area contributed by atoms with Crippen LogP contribution in [0.5, 0.6) is 0 Å². The molecule has 0 spiro atoms. The highest BCUT2D eigenvalue weighted by molar-refractivity contribution is 5.66. The third kappa shape index (κ3) is 7.27. The van der Waals surface area contributed by atoms with E-state index in [0.717, 1.165) is 39.4 Å². The van der Waals surface area contributed by atoms with Gasteiger partial charge in [0, 0.05) is 39.1 Å². The Hall–Kier alpha value is -0.690. The zero-order chi connectivity index (χ0) is 12.5. The molecular weight excluding hydrogens is 224 g/mol. The second-order valence-electron chi connectivity index (χ2n) is 4.24. The minimum absolute atomic E-state index is 0.0201. The highest BCUT2D eigenvalue weighted by Gasteiger charge is 2.10. The summed E-state index contributed by atoms with van der Waals surface area (Å²) < 4.78 is 5.24. The van der Waals surface area contributed by atoms with Crippen molar-refractivity contribution in [3.05, 3.63) is 0 Å². The number of carboxylic acids is 1. The number of nitrogens with zero attached hydrogens (tertiary/aromatic N) is 1. The molecule has 0 aromatic heterocycles. The number of aliphatic hydroxyl groups excluding tert-OH is 1. The van der Waals surface area contributed by atoms with Gasteiger partial charge in [0.05, 0.1) is 19.3 Å². The molecule has 1 heterocycles. The van der Waals surface area contributed by atoms with Gasteiger partial charge >= 0.3 is 5.97 Å². The first-order chi connectivity index (χ1) is 8.18. The van der Waals surface area contributed by atoms with E-state index in [2.05, 4.69) is 10.2 Å². The summed E-state index contributed by atoms with van der Waals surface area (Å²) in [4.78, 5) is 12.6. The first kappa shape index (κ1) is 14.4. The summed E-state index contributed by atoms with van der Waals surface area (Å²) in [6.07, 6.45) is -0.248. The Kier molecular flexibility index (Phi) is 7.11. The highest BCUT2D eigenvalue weighted by atomic mass is 16.5. The number of ether oxygens (including phenoxy) is 1. The number of aliphatic hydroxyl groups is 1. The summed E-state index contributed by atoms with van der Waals surface area (Å²) in [5.41, 5.74) is 0. The Balaban J connectivity index is 1.93. The molecule has 1 aliphatic rings. The van der Waals surface area contributed by atoms with E-state index in [9.17, 15) is 9.90 Å². The van der Waals surface area contributed by atoms with E-state index in [1.54, 1.807) is 0 Å². The van der Waals surface area contributed by atoms with Crippen molar-refractivity contribution in [1.29, 1.82) is 0 Å². The number of morpholine rings is 1. The van der Waals surface area contributed by atoms with Crippen molar-refractivity contribution in [2.45, 2.75) is 18.9 Å². The van der Waals surface area contributed by atoms with Gasteiger partial charge in [-0.05, 0) is 6.42 Å². The van der Waals surface area contributed by atoms with Gasteiger partial charge in [-0.1, -0.05) is 0 Å². The van der Waals surface area contributed by atoms with Crippen molar-refractivity contribution in [2.24, 2.45) is 0 Å². The molecule has 1 unspecified atom stereocenters. The van der Waals surface area contributed by atoms with Gasteiger partial charge in [0.1, 0.15) is 0 Å². The summed E-state index contributed by atoms with van der Waals surface area (Å²) in [5.74, 6) is -0.864. The largest absolute Gasteiger partial charge is 0.481 e. The third-order valence-electron chi connectivity index (χ3n) is 2.78. The number of rotatable bonds is 8. The fraction of sp³-hybridized carbons (Fsp3) is 0.909. The molecule has 0 radical (unpaired) electrons. The lowest BCUT2D eigenvalue weighted by atomic mass is 10.2. The Morgan fingerprint density at radius 3 is 2.76 bits per heavy atom. The fourth-order valence-corrected chi connectivity index (χ4v) is 1.72. The quantitative estimate of drug-likeness (QED) is 0.483. The van der Waals surface area contributed by atoms with Crippen LogP contribution in [0.4, 0.5) is 0 Å². The first-order valence-electron chi connectivity index (χ1n) is 6.09. The summed E-state index contributed by atoms with van der Waals surface area (Å²) in [6, 6.07) is 0. The maximum absolute atomic E-state index is 10.3. The van der Waals surface area contributed by atoms with Crippen molar-refractivity contribution in [3.8, 4) is 0 Å². The molecule has 1 saturated heterocycles. The highest BCUT2D eigenvalue weighted by Crippen LogP contribution is 1.97. The number of carbonyl (C=O) groups is 1. The Bertz CT molecular complexity index is 220. The van der Waals surface area contributed by atoms with Crippen LogP contribution in [-0.4, -0.2) is 73.1 Å². The lowest BCUT2D eigenvalue weighted by Gasteiger charge is -2.26. The molecule has 0 aromatic rings. The van der Waals surface area contributed by atoms with Crippen molar-refractivity contribution in [2.75, 3.05) is 45.9 Å². The predicted molar refractivity (Wildman–Crippen MR) is 63.0 cm³/mol. The van der Waals surface area contributed by atoms with E-state index in [-0.39, 0.29) is 6.42 Å². The number of carboxylic acid groups (broad SMARTS) is 1. The van der Waals surface area contributed by atoms with Crippen molar-refractivity contribution >= 4 is 5.97 Å². The molecule has 0 saturated carbocycles. The van der Waals surface area contributed by atoms with Crippen LogP contribution in [0.3, 0.4) is 0 Å². The van der Waals surface area contributed by atoms with Crippen LogP contribution >= 0.6 is 0 Å². The molecule has 0 amide bonds. The molecule has 1 rings (SSSR count). The van der Waals surface area contributed by atoms with Crippen LogP contribution in [0, 0.1) is 0 Å². The molecule has 6 nitrogen and oxygen atoms in total. The Morgan fingerprint density at radius 2 is 2.12 bits per heavy atom. The van der Waals surface area contributed by atoms with E-state index < -0.39 is 12.1 Å². The van der Waals surface area contributed by atoms with Gasteiger partial charge in [0.2, 0.25) is 0 Å². The van der Waals surface area contributed by atoms with E-state index in [1.165, 1.54) is 0 Å². The predicted octanol–water partition coefficient (Wildman–Crippen LogP) is -0.866. The van der Waals surface area contributed by atoms with Crippen molar-refractivity contribution < 1.29 is 19.7 Å². The molecule has 1 aliphatic heterocycles. The van der Waals surface area contributed by atoms with E-state index in [4.69, 9.17) is 9.84 Å². The van der Waals surface area contributed by atoms with Gasteiger partial charge in [-0.3, -0.25) is 9.69 Å². The minimum Gasteiger partial charge on any atom is -0.481 e. The monoisotopic (exact) mass is 246 g/mol. The maximum atomic E-state index is 10.3. The zero-order valence-electron chi connectivity index (χ0n) is 10.1. The second-order valence-corrected chi connectivity index (χ2v) is 4.24. The van der Waals surface area contributed by atoms with Crippen molar-refractivity contribution in [1.82, 2.24) is 10.2 Å². The summed E-state index contributed by atoms with van der Waals surface area (Å²) in [5, 5.41) is 21.1. The number of hydrogen-bond acceptors (Lipinski definition) is 5. The van der Waals surface area contributed by atoms with Crippen LogP contribution in [0.25, 0.3) is 0 Å². The van der Waals surface area contributed by atoms with Crippen LogP contribution < -0.4 is 5.32 Å². The van der Waals surface area contributed by atoms with E-state index in [1.807, 2.05) is 0 Å². The van der Waals surface area contributed by atoms with Gasteiger partial charge < -0.3 is 20.3 Å². The molecule has 17 heavy (non-hydrogen) atoms. The number of hydrogen-bond donors (Lipinski definition) is 3. The molecule has 6 heteroatoms. The molecule has 0 aliphatic carbocycles. The lowest BCUT2D eigenvalue weighted by molar-refractivity contribution is -0.137. The molecule has 3 N–H and O–H groups in total. The molecule has 1 fully saturated rings. The normalized spacial score (nSPS) is 19.1. The lowest BCUT2D eigenvalue weighted by Crippen LogP contribution is -2.41. The Labute approximate surface area is 102 Å². The van der Waals surface area contributed by atoms with Crippen LogP contribution in [-0.2, 0) is 9.53 Å². The topological polar surface area (TPSA) is 82.0 Å². The molecule has 0 bridgehead atoms. The molecule has 0 aromatic carbocycles. The van der Waals surface area contributed by atoms with Crippen LogP contribution in [0.15, 0.2) is 0 Å². The van der Waals surface area contributed by atoms with Crippen LogP contribution in [0.1, 0.15) is 12.8 Å². The van der Waals surface area contributed by atoms with Gasteiger partial charge in [-0.2, -0.15) is 0 Å². The zero-order valence-corrected chi connectivity index (χ0v) is 10.1. The summed E-state index contributed by atoms with van der Waals surface area (Å²) in [6.45, 7) is 5.71. The molecule has 100 valence electrons. The maximum Gasteiger partial charge on any atom is 0.303 e. The number of aliphatic carboxylic acids is 1. The average molecular weight is 246 g/mol. The number of nitrogens with one attached hydrogen (secondary N) is 1. The van der Waals surface area contributed by atoms with Gasteiger partial charge in [-0.15, -0.1) is 0 Å². The van der Waals surface area contributed by atoms with E-state index >= 15 is 0 Å². The van der Waals surface area contributed by atoms with E-state index in [0.29, 0.717) is 13.0 Å².